The van der Waals surface area contributed by atoms with Gasteiger partial charge in [-0.1, -0.05) is 11.8 Å². The Morgan fingerprint density at radius 1 is 1.23 bits per heavy atom. The maximum atomic E-state index is 12.6. The van der Waals surface area contributed by atoms with E-state index < -0.39 is 0 Å². The summed E-state index contributed by atoms with van der Waals surface area (Å²) in [6, 6.07) is 3.67. The number of thioether (sulfide) groups is 1. The lowest BCUT2D eigenvalue weighted by Crippen LogP contribution is -2.11. The van der Waals surface area contributed by atoms with Gasteiger partial charge in [0.15, 0.2) is 22.4 Å². The fourth-order valence-corrected chi connectivity index (χ4v) is 3.75. The minimum atomic E-state index is -0.156. The second-order valence-electron chi connectivity index (χ2n) is 5.29. The highest BCUT2D eigenvalue weighted by Crippen LogP contribution is 2.39. The van der Waals surface area contributed by atoms with Crippen molar-refractivity contribution in [1.29, 1.82) is 0 Å². The zero-order chi connectivity index (χ0) is 15.9. The number of hydrogen-bond acceptors (Lipinski definition) is 5. The number of ether oxygens (including phenoxy) is 2. The molecule has 5 nitrogen and oxygen atoms in total. The van der Waals surface area contributed by atoms with Crippen LogP contribution in [-0.2, 0) is 6.42 Å². The number of aromatic nitrogens is 2. The number of H-pyrrole nitrogens is 1. The van der Waals surface area contributed by atoms with Crippen molar-refractivity contribution in [1.82, 2.24) is 9.97 Å². The van der Waals surface area contributed by atoms with E-state index in [4.69, 9.17) is 9.47 Å². The Morgan fingerprint density at radius 2 is 1.91 bits per heavy atom. The summed E-state index contributed by atoms with van der Waals surface area (Å²) in [5.74, 6) is 1.36. The van der Waals surface area contributed by atoms with Crippen LogP contribution in [0.4, 0.5) is 0 Å². The van der Waals surface area contributed by atoms with Crippen molar-refractivity contribution in [3.05, 3.63) is 34.6 Å². The quantitative estimate of drug-likeness (QED) is 0.939. The van der Waals surface area contributed by atoms with Crippen LogP contribution < -0.4 is 9.47 Å². The number of aryl methyl sites for hydroxylation is 2. The number of hydrogen-bond donors (Lipinski definition) is 1. The van der Waals surface area contributed by atoms with Gasteiger partial charge in [0.2, 0.25) is 0 Å². The van der Waals surface area contributed by atoms with Crippen molar-refractivity contribution < 1.29 is 14.3 Å². The molecule has 1 aromatic carbocycles. The Kier molecular flexibility index (Phi) is 3.87. The van der Waals surface area contributed by atoms with E-state index in [-0.39, 0.29) is 11.0 Å². The van der Waals surface area contributed by atoms with E-state index >= 15 is 0 Å². The summed E-state index contributed by atoms with van der Waals surface area (Å²) >= 11 is 1.48. The first-order valence-electron chi connectivity index (χ1n) is 7.02. The molecule has 1 N–H and O–H groups in total. The third-order valence-corrected chi connectivity index (χ3v) is 5.01. The summed E-state index contributed by atoms with van der Waals surface area (Å²) < 4.78 is 10.6. The van der Waals surface area contributed by atoms with Crippen LogP contribution in [0.5, 0.6) is 11.5 Å². The largest absolute Gasteiger partial charge is 0.493 e. The van der Waals surface area contributed by atoms with E-state index in [1.165, 1.54) is 11.8 Å². The van der Waals surface area contributed by atoms with E-state index in [1.807, 2.05) is 19.9 Å². The molecule has 2 aromatic rings. The van der Waals surface area contributed by atoms with Crippen molar-refractivity contribution in [2.75, 3.05) is 14.2 Å². The average Bonchev–Trinajstić information content (AvgIpc) is 2.98. The van der Waals surface area contributed by atoms with E-state index in [9.17, 15) is 4.79 Å². The Balaban J connectivity index is 1.87. The van der Waals surface area contributed by atoms with Crippen molar-refractivity contribution in [2.24, 2.45) is 0 Å². The highest BCUT2D eigenvalue weighted by Gasteiger charge is 2.33. The van der Waals surface area contributed by atoms with Gasteiger partial charge >= 0.3 is 0 Å². The molecule has 3 rings (SSSR count). The molecule has 0 saturated carbocycles. The standard InChI is InChI=1S/C16H18N2O3S/c1-8-9(2)18-16(17-8)22-14-6-10-5-12(20-3)13(21-4)7-11(10)15(14)19/h5,7,14H,6H2,1-4H3,(H,17,18). The van der Waals surface area contributed by atoms with Gasteiger partial charge in [0.1, 0.15) is 0 Å². The molecule has 116 valence electrons. The van der Waals surface area contributed by atoms with E-state index in [0.29, 0.717) is 17.9 Å². The van der Waals surface area contributed by atoms with Crippen molar-refractivity contribution in [2.45, 2.75) is 30.7 Å². The molecule has 0 aliphatic heterocycles. The Hall–Kier alpha value is -1.95. The maximum Gasteiger partial charge on any atom is 0.177 e. The number of imidazole rings is 1. The van der Waals surface area contributed by atoms with Crippen LogP contribution >= 0.6 is 11.8 Å². The number of carbonyl (C=O) groups is 1. The van der Waals surface area contributed by atoms with Gasteiger partial charge in [-0.2, -0.15) is 0 Å². The van der Waals surface area contributed by atoms with Gasteiger partial charge in [-0.15, -0.1) is 0 Å². The predicted octanol–water partition coefficient (Wildman–Crippen LogP) is 2.94. The Bertz CT molecular complexity index is 720. The molecule has 0 amide bonds. The van der Waals surface area contributed by atoms with Crippen LogP contribution in [0.1, 0.15) is 27.3 Å². The summed E-state index contributed by atoms with van der Waals surface area (Å²) in [6.07, 6.45) is 0.679. The van der Waals surface area contributed by atoms with E-state index in [0.717, 1.165) is 27.7 Å². The summed E-state index contributed by atoms with van der Waals surface area (Å²) in [7, 11) is 3.17. The summed E-state index contributed by atoms with van der Waals surface area (Å²) in [5.41, 5.74) is 3.72. The van der Waals surface area contributed by atoms with Crippen molar-refractivity contribution in [3.8, 4) is 11.5 Å². The third-order valence-electron chi connectivity index (χ3n) is 3.93. The zero-order valence-corrected chi connectivity index (χ0v) is 13.8. The number of Topliss-reactive ketones (excluding diaryl/α,β-unsaturated/α-hetero) is 1. The van der Waals surface area contributed by atoms with Gasteiger partial charge in [0.05, 0.1) is 25.2 Å². The minimum Gasteiger partial charge on any atom is -0.493 e. The van der Waals surface area contributed by atoms with Gasteiger partial charge < -0.3 is 14.5 Å². The Morgan fingerprint density at radius 3 is 2.50 bits per heavy atom. The molecule has 1 atom stereocenters. The number of nitrogens with one attached hydrogen (secondary N) is 1. The lowest BCUT2D eigenvalue weighted by atomic mass is 10.1. The first kappa shape index (κ1) is 15.0. The van der Waals surface area contributed by atoms with Crippen LogP contribution in [0.15, 0.2) is 17.3 Å². The second kappa shape index (κ2) is 5.68. The highest BCUT2D eigenvalue weighted by atomic mass is 32.2. The summed E-state index contributed by atoms with van der Waals surface area (Å²) in [5, 5.41) is 0.636. The SMILES string of the molecule is COc1cc2c(cc1OC)C(=O)C(Sc1nc(C)c(C)[nH]1)C2. The molecule has 1 aliphatic carbocycles. The van der Waals surface area contributed by atoms with Gasteiger partial charge in [-0.05, 0) is 38.0 Å². The molecule has 6 heteroatoms. The number of aromatic amines is 1. The molecule has 0 bridgehead atoms. The number of rotatable bonds is 4. The van der Waals surface area contributed by atoms with Crippen LogP contribution in [0.3, 0.4) is 0 Å². The Labute approximate surface area is 133 Å². The smallest absolute Gasteiger partial charge is 0.177 e. The normalized spacial score (nSPS) is 16.7. The lowest BCUT2D eigenvalue weighted by molar-refractivity contribution is 0.1000. The molecule has 1 aliphatic rings. The molecule has 22 heavy (non-hydrogen) atoms. The number of ketones is 1. The lowest BCUT2D eigenvalue weighted by Gasteiger charge is -2.09. The number of benzene rings is 1. The fraction of sp³-hybridized carbons (Fsp3) is 0.375. The first-order valence-corrected chi connectivity index (χ1v) is 7.90. The monoisotopic (exact) mass is 318 g/mol. The topological polar surface area (TPSA) is 64.2 Å². The van der Waals surface area contributed by atoms with Crippen LogP contribution in [0.25, 0.3) is 0 Å². The third kappa shape index (κ3) is 2.47. The van der Waals surface area contributed by atoms with Crippen LogP contribution in [0, 0.1) is 13.8 Å². The minimum absolute atomic E-state index is 0.118. The van der Waals surface area contributed by atoms with Crippen LogP contribution in [0.2, 0.25) is 0 Å². The predicted molar refractivity (Wildman–Crippen MR) is 85.3 cm³/mol. The van der Waals surface area contributed by atoms with E-state index in [1.54, 1.807) is 20.3 Å². The number of carbonyl (C=O) groups excluding carboxylic acids is 1. The van der Waals surface area contributed by atoms with Gasteiger partial charge in [-0.25, -0.2) is 4.98 Å². The molecule has 1 aromatic heterocycles. The molecule has 1 unspecified atom stereocenters. The molecule has 0 fully saturated rings. The highest BCUT2D eigenvalue weighted by molar-refractivity contribution is 8.00. The number of nitrogens with zero attached hydrogens (tertiary/aromatic N) is 1. The second-order valence-corrected chi connectivity index (χ2v) is 6.48. The molecule has 0 saturated heterocycles. The van der Waals surface area contributed by atoms with Crippen molar-refractivity contribution in [3.63, 3.8) is 0 Å². The van der Waals surface area contributed by atoms with Gasteiger partial charge in [0, 0.05) is 11.3 Å². The summed E-state index contributed by atoms with van der Waals surface area (Å²) in [6.45, 7) is 3.93. The molecule has 1 heterocycles. The zero-order valence-electron chi connectivity index (χ0n) is 13.0. The average molecular weight is 318 g/mol. The van der Waals surface area contributed by atoms with Crippen LogP contribution in [-0.4, -0.2) is 35.2 Å². The van der Waals surface area contributed by atoms with E-state index in [2.05, 4.69) is 9.97 Å². The van der Waals surface area contributed by atoms with Gasteiger partial charge in [-0.3, -0.25) is 4.79 Å². The first-order chi connectivity index (χ1) is 10.5. The molecular formula is C16H18N2O3S. The maximum absolute atomic E-state index is 12.6. The molecule has 0 radical (unpaired) electrons. The fourth-order valence-electron chi connectivity index (χ4n) is 2.59. The molecular weight excluding hydrogens is 300 g/mol. The van der Waals surface area contributed by atoms with Gasteiger partial charge in [0.25, 0.3) is 0 Å². The summed E-state index contributed by atoms with van der Waals surface area (Å²) in [4.78, 5) is 20.3. The number of fused-ring (bicyclic) bond motifs is 1. The van der Waals surface area contributed by atoms with Crippen molar-refractivity contribution >= 4 is 17.5 Å². The molecule has 0 spiro atoms. The number of methoxy groups -OCH3 is 2.